The third-order valence-electron chi connectivity index (χ3n) is 10.2. The highest BCUT2D eigenvalue weighted by Gasteiger charge is 2.45. The molecular weight excluding hydrogens is 661 g/mol. The Kier molecular flexibility index (Phi) is 12.5. The van der Waals surface area contributed by atoms with Crippen LogP contribution in [0.5, 0.6) is 0 Å². The lowest BCUT2D eigenvalue weighted by atomic mass is 9.67. The molecule has 0 aromatic heterocycles. The summed E-state index contributed by atoms with van der Waals surface area (Å²) in [5.41, 5.74) is 2.40. The largest absolute Gasteiger partial charge is 0.490 e. The van der Waals surface area contributed by atoms with Gasteiger partial charge in [-0.3, -0.25) is 14.4 Å². The topological polar surface area (TPSA) is 119 Å². The first-order valence-corrected chi connectivity index (χ1v) is 17.6. The fourth-order valence-corrected chi connectivity index (χ4v) is 7.57. The van der Waals surface area contributed by atoms with Gasteiger partial charge >= 0.3 is 12.1 Å². The number of likely N-dealkylation sites (tertiary alicyclic amines) is 2. The first-order valence-electron chi connectivity index (χ1n) is 17.6. The number of hydrogen-bond acceptors (Lipinski definition) is 5. The van der Waals surface area contributed by atoms with E-state index in [1.807, 2.05) is 54.6 Å². The summed E-state index contributed by atoms with van der Waals surface area (Å²) in [6.45, 7) is 3.74. The fraction of sp³-hybridized carbons (Fsp3) is 0.436. The van der Waals surface area contributed by atoms with Crippen molar-refractivity contribution < 1.29 is 37.5 Å². The summed E-state index contributed by atoms with van der Waals surface area (Å²) in [5, 5.41) is 13.6. The van der Waals surface area contributed by atoms with E-state index in [1.54, 1.807) is 9.80 Å². The molecule has 12 heteroatoms. The van der Waals surface area contributed by atoms with Gasteiger partial charge in [0.25, 0.3) is 0 Å². The molecule has 0 aliphatic carbocycles. The Balaban J connectivity index is 0.000000654. The molecule has 3 heterocycles. The lowest BCUT2D eigenvalue weighted by Crippen LogP contribution is -2.54. The maximum Gasteiger partial charge on any atom is 0.490 e. The summed E-state index contributed by atoms with van der Waals surface area (Å²) in [5.74, 6) is -2.45. The molecule has 3 aliphatic heterocycles. The van der Waals surface area contributed by atoms with Gasteiger partial charge in [0.1, 0.15) is 12.1 Å². The van der Waals surface area contributed by atoms with E-state index in [4.69, 9.17) is 9.90 Å². The summed E-state index contributed by atoms with van der Waals surface area (Å²) in [6, 6.07) is 29.7. The molecular formula is C39H45F3N4O5. The molecule has 3 aromatic carbocycles. The third kappa shape index (κ3) is 8.97. The number of hydrogen-bond donors (Lipinski definition) is 3. The molecule has 272 valence electrons. The number of rotatable bonds is 9. The van der Waals surface area contributed by atoms with Crippen LogP contribution in [0, 0.1) is 5.92 Å². The number of carboxylic acids is 1. The first kappa shape index (κ1) is 37.5. The molecule has 51 heavy (non-hydrogen) atoms. The van der Waals surface area contributed by atoms with Gasteiger partial charge in [-0.2, -0.15) is 13.2 Å². The highest BCUT2D eigenvalue weighted by Crippen LogP contribution is 2.43. The van der Waals surface area contributed by atoms with Crippen molar-refractivity contribution in [3.8, 4) is 0 Å². The number of benzene rings is 3. The molecule has 0 spiro atoms. The van der Waals surface area contributed by atoms with E-state index in [-0.39, 0.29) is 24.1 Å². The summed E-state index contributed by atoms with van der Waals surface area (Å²) in [6.07, 6.45) is 0.110. The standard InChI is InChI=1S/C37H44N4O3.C2HF3O2/c42-34(26-37(29-12-4-1-5-13-29,30-14-6-2-7-15-30)31-16-8-3-9-17-31)40-24-11-19-33(40)36(44)41-25-10-18-32(41)35(43)39-27-28-20-22-38-23-21-28;3-2(4,5)1(6)7/h1-9,12-17,28,32-33,38H,10-11,18-27H2,(H,39,43);(H,6,7)/t32-,33+;/m1./s1. The summed E-state index contributed by atoms with van der Waals surface area (Å²) in [4.78, 5) is 54.3. The second-order valence-corrected chi connectivity index (χ2v) is 13.4. The average molecular weight is 707 g/mol. The van der Waals surface area contributed by atoms with Crippen molar-refractivity contribution >= 4 is 23.7 Å². The predicted molar refractivity (Wildman–Crippen MR) is 186 cm³/mol. The van der Waals surface area contributed by atoms with E-state index in [0.717, 1.165) is 55.5 Å². The van der Waals surface area contributed by atoms with Crippen LogP contribution in [0.4, 0.5) is 13.2 Å². The Bertz CT molecular complexity index is 1520. The van der Waals surface area contributed by atoms with Gasteiger partial charge < -0.3 is 25.5 Å². The molecule has 2 atom stereocenters. The minimum atomic E-state index is -5.08. The molecule has 6 rings (SSSR count). The number of amides is 3. The molecule has 3 amide bonds. The molecule has 3 aromatic rings. The molecule has 9 nitrogen and oxygen atoms in total. The van der Waals surface area contributed by atoms with Crippen LogP contribution < -0.4 is 10.6 Å². The van der Waals surface area contributed by atoms with Crippen LogP contribution >= 0.6 is 0 Å². The van der Waals surface area contributed by atoms with Crippen LogP contribution in [0.3, 0.4) is 0 Å². The minimum absolute atomic E-state index is 0.0384. The number of carbonyl (C=O) groups excluding carboxylic acids is 3. The van der Waals surface area contributed by atoms with E-state index in [0.29, 0.717) is 38.4 Å². The van der Waals surface area contributed by atoms with E-state index in [9.17, 15) is 27.6 Å². The lowest BCUT2D eigenvalue weighted by Gasteiger charge is -2.38. The van der Waals surface area contributed by atoms with Crippen LogP contribution in [-0.4, -0.2) is 89.6 Å². The Morgan fingerprint density at radius 3 is 1.63 bits per heavy atom. The lowest BCUT2D eigenvalue weighted by molar-refractivity contribution is -0.192. The van der Waals surface area contributed by atoms with Gasteiger partial charge in [0.05, 0.1) is 5.41 Å². The van der Waals surface area contributed by atoms with Crippen molar-refractivity contribution in [2.24, 2.45) is 5.92 Å². The van der Waals surface area contributed by atoms with Crippen molar-refractivity contribution in [1.29, 1.82) is 0 Å². The Morgan fingerprint density at radius 2 is 1.16 bits per heavy atom. The van der Waals surface area contributed by atoms with Crippen molar-refractivity contribution in [2.45, 2.75) is 68.6 Å². The number of piperidine rings is 1. The maximum atomic E-state index is 14.5. The quantitative estimate of drug-likeness (QED) is 0.265. The van der Waals surface area contributed by atoms with Crippen LogP contribution in [0.1, 0.15) is 61.6 Å². The molecule has 3 aliphatic rings. The van der Waals surface area contributed by atoms with Crippen molar-refractivity contribution in [3.05, 3.63) is 108 Å². The molecule has 0 unspecified atom stereocenters. The second-order valence-electron chi connectivity index (χ2n) is 13.4. The Morgan fingerprint density at radius 1 is 0.706 bits per heavy atom. The normalized spacial score (nSPS) is 19.6. The van der Waals surface area contributed by atoms with E-state index in [2.05, 4.69) is 47.0 Å². The van der Waals surface area contributed by atoms with Gasteiger partial charge in [-0.25, -0.2) is 4.79 Å². The maximum absolute atomic E-state index is 14.5. The van der Waals surface area contributed by atoms with Crippen molar-refractivity contribution in [3.63, 3.8) is 0 Å². The average Bonchev–Trinajstić information content (AvgIpc) is 3.85. The van der Waals surface area contributed by atoms with E-state index < -0.39 is 29.6 Å². The zero-order valence-electron chi connectivity index (χ0n) is 28.5. The monoisotopic (exact) mass is 706 g/mol. The van der Waals surface area contributed by atoms with E-state index in [1.165, 1.54) is 0 Å². The van der Waals surface area contributed by atoms with Gasteiger partial charge in [-0.15, -0.1) is 0 Å². The highest BCUT2D eigenvalue weighted by atomic mass is 19.4. The zero-order chi connectivity index (χ0) is 36.4. The molecule has 0 bridgehead atoms. The minimum Gasteiger partial charge on any atom is -0.475 e. The molecule has 3 fully saturated rings. The van der Waals surface area contributed by atoms with Gasteiger partial charge in [-0.05, 0) is 74.2 Å². The van der Waals surface area contributed by atoms with Gasteiger partial charge in [0, 0.05) is 26.1 Å². The zero-order valence-corrected chi connectivity index (χ0v) is 28.5. The predicted octanol–water partition coefficient (Wildman–Crippen LogP) is 5.14. The van der Waals surface area contributed by atoms with Gasteiger partial charge in [0.2, 0.25) is 17.7 Å². The summed E-state index contributed by atoms with van der Waals surface area (Å²) in [7, 11) is 0. The fourth-order valence-electron chi connectivity index (χ4n) is 7.57. The third-order valence-corrected chi connectivity index (χ3v) is 10.2. The number of halogens is 3. The number of alkyl halides is 3. The molecule has 0 saturated carbocycles. The SMILES string of the molecule is O=C(NCC1CCNCC1)[C@H]1CCCN1C(=O)[C@@H]1CCCN1C(=O)CC(c1ccccc1)(c1ccccc1)c1ccccc1.O=C(O)C(F)(F)F. The number of aliphatic carboxylic acids is 1. The van der Waals surface area contributed by atoms with Crippen LogP contribution in [0.25, 0.3) is 0 Å². The first-order chi connectivity index (χ1) is 24.5. The van der Waals surface area contributed by atoms with Gasteiger partial charge in [-0.1, -0.05) is 91.0 Å². The smallest absolute Gasteiger partial charge is 0.475 e. The van der Waals surface area contributed by atoms with Crippen LogP contribution in [-0.2, 0) is 24.6 Å². The number of nitrogens with zero attached hydrogens (tertiary/aromatic N) is 2. The van der Waals surface area contributed by atoms with Gasteiger partial charge in [0.15, 0.2) is 0 Å². The number of carbonyl (C=O) groups is 4. The number of nitrogens with one attached hydrogen (secondary N) is 2. The number of carboxylic acid groups (broad SMARTS) is 1. The molecule has 3 saturated heterocycles. The highest BCUT2D eigenvalue weighted by molar-refractivity contribution is 5.93. The Labute approximate surface area is 296 Å². The second kappa shape index (κ2) is 17.0. The van der Waals surface area contributed by atoms with Crippen LogP contribution in [0.15, 0.2) is 91.0 Å². The summed E-state index contributed by atoms with van der Waals surface area (Å²) < 4.78 is 31.7. The molecule has 3 N–H and O–H groups in total. The summed E-state index contributed by atoms with van der Waals surface area (Å²) >= 11 is 0. The molecule has 0 radical (unpaired) electrons. The van der Waals surface area contributed by atoms with Crippen molar-refractivity contribution in [1.82, 2.24) is 20.4 Å². The Hall–Kier alpha value is -4.71. The van der Waals surface area contributed by atoms with Crippen LogP contribution in [0.2, 0.25) is 0 Å². The van der Waals surface area contributed by atoms with Crippen molar-refractivity contribution in [2.75, 3.05) is 32.7 Å². The van der Waals surface area contributed by atoms with E-state index >= 15 is 0 Å².